The van der Waals surface area contributed by atoms with E-state index in [0.717, 1.165) is 18.2 Å². The quantitative estimate of drug-likeness (QED) is 0.795. The fraction of sp³-hybridized carbons (Fsp3) is 0.571. The van der Waals surface area contributed by atoms with Crippen molar-refractivity contribution in [3.63, 3.8) is 0 Å². The average molecular weight is 221 g/mol. The van der Waals surface area contributed by atoms with Crippen LogP contribution in [0.15, 0.2) is 24.3 Å². The summed E-state index contributed by atoms with van der Waals surface area (Å²) in [6, 6.07) is 8.66. The molecule has 2 nitrogen and oxygen atoms in total. The second-order valence-corrected chi connectivity index (χ2v) is 4.42. The van der Waals surface area contributed by atoms with Gasteiger partial charge in [0.05, 0.1) is 7.11 Å². The highest BCUT2D eigenvalue weighted by Gasteiger charge is 2.06. The Morgan fingerprint density at radius 3 is 2.31 bits per heavy atom. The summed E-state index contributed by atoms with van der Waals surface area (Å²) in [6.07, 6.45) is 1.22. The number of methoxy groups -OCH3 is 1. The van der Waals surface area contributed by atoms with Gasteiger partial charge in [-0.15, -0.1) is 0 Å². The molecule has 0 aliphatic rings. The van der Waals surface area contributed by atoms with Crippen LogP contribution in [0.2, 0.25) is 0 Å². The number of nitrogens with one attached hydrogen (secondary N) is 1. The molecule has 16 heavy (non-hydrogen) atoms. The molecular formula is C14H23NO. The zero-order chi connectivity index (χ0) is 12.0. The minimum absolute atomic E-state index is 0.403. The second kappa shape index (κ2) is 6.54. The highest BCUT2D eigenvalue weighted by atomic mass is 16.5. The van der Waals surface area contributed by atoms with E-state index in [0.29, 0.717) is 6.04 Å². The lowest BCUT2D eigenvalue weighted by Gasteiger charge is -2.17. The van der Waals surface area contributed by atoms with Crippen LogP contribution in [0.4, 0.5) is 0 Å². The molecule has 0 saturated heterocycles. The van der Waals surface area contributed by atoms with Crippen molar-refractivity contribution in [2.45, 2.75) is 33.2 Å². The number of hydrogen-bond acceptors (Lipinski definition) is 2. The minimum Gasteiger partial charge on any atom is -0.497 e. The normalized spacial score (nSPS) is 14.5. The molecule has 0 amide bonds. The van der Waals surface area contributed by atoms with Gasteiger partial charge in [-0.05, 0) is 37.1 Å². The summed E-state index contributed by atoms with van der Waals surface area (Å²) >= 11 is 0. The first-order valence-electron chi connectivity index (χ1n) is 6.04. The first-order chi connectivity index (χ1) is 7.67. The van der Waals surface area contributed by atoms with Crippen molar-refractivity contribution in [3.05, 3.63) is 29.8 Å². The topological polar surface area (TPSA) is 21.3 Å². The fourth-order valence-electron chi connectivity index (χ4n) is 1.53. The third-order valence-corrected chi connectivity index (χ3v) is 3.09. The van der Waals surface area contributed by atoms with Gasteiger partial charge in [0.25, 0.3) is 0 Å². The molecule has 0 aliphatic carbocycles. The molecule has 1 aromatic carbocycles. The molecule has 0 spiro atoms. The second-order valence-electron chi connectivity index (χ2n) is 4.42. The van der Waals surface area contributed by atoms with Gasteiger partial charge in [0.1, 0.15) is 5.75 Å². The maximum Gasteiger partial charge on any atom is 0.118 e. The van der Waals surface area contributed by atoms with Crippen molar-refractivity contribution >= 4 is 0 Å². The fourth-order valence-corrected chi connectivity index (χ4v) is 1.53. The first-order valence-corrected chi connectivity index (χ1v) is 6.04. The molecule has 0 heterocycles. The molecule has 2 unspecified atom stereocenters. The molecule has 2 heteroatoms. The van der Waals surface area contributed by atoms with Gasteiger partial charge >= 0.3 is 0 Å². The predicted octanol–water partition coefficient (Wildman–Crippen LogP) is 3.39. The van der Waals surface area contributed by atoms with E-state index in [-0.39, 0.29) is 0 Å². The van der Waals surface area contributed by atoms with Gasteiger partial charge in [-0.2, -0.15) is 0 Å². The molecule has 90 valence electrons. The van der Waals surface area contributed by atoms with Gasteiger partial charge in [0.2, 0.25) is 0 Å². The van der Waals surface area contributed by atoms with Gasteiger partial charge < -0.3 is 10.1 Å². The number of ether oxygens (including phenoxy) is 1. The summed E-state index contributed by atoms with van der Waals surface area (Å²) in [7, 11) is 1.69. The van der Waals surface area contributed by atoms with E-state index in [1.807, 2.05) is 12.1 Å². The summed E-state index contributed by atoms with van der Waals surface area (Å²) in [5, 5.41) is 3.55. The third kappa shape index (κ3) is 3.86. The zero-order valence-electron chi connectivity index (χ0n) is 10.8. The molecule has 2 atom stereocenters. The lowest BCUT2D eigenvalue weighted by Crippen LogP contribution is -2.24. The molecule has 1 aromatic rings. The van der Waals surface area contributed by atoms with Crippen LogP contribution in [0.1, 0.15) is 38.8 Å². The molecule has 0 bridgehead atoms. The van der Waals surface area contributed by atoms with E-state index >= 15 is 0 Å². The standard InChI is InChI=1S/C14H23NO/c1-5-11(2)10-15-12(3)13-6-8-14(16-4)9-7-13/h6-9,11-12,15H,5,10H2,1-4H3. The maximum atomic E-state index is 5.14. The van der Waals surface area contributed by atoms with Crippen LogP contribution in [0, 0.1) is 5.92 Å². The monoisotopic (exact) mass is 221 g/mol. The molecular weight excluding hydrogens is 198 g/mol. The van der Waals surface area contributed by atoms with Crippen LogP contribution in [-0.4, -0.2) is 13.7 Å². The van der Waals surface area contributed by atoms with Crippen molar-refractivity contribution in [2.75, 3.05) is 13.7 Å². The molecule has 0 saturated carbocycles. The Kier molecular flexibility index (Phi) is 5.33. The highest BCUT2D eigenvalue weighted by Crippen LogP contribution is 2.17. The molecule has 0 aromatic heterocycles. The highest BCUT2D eigenvalue weighted by molar-refractivity contribution is 5.28. The molecule has 0 aliphatic heterocycles. The first kappa shape index (κ1) is 13.0. The van der Waals surface area contributed by atoms with Gasteiger partial charge in [0, 0.05) is 6.04 Å². The molecule has 0 fully saturated rings. The molecule has 0 radical (unpaired) electrons. The van der Waals surface area contributed by atoms with Gasteiger partial charge in [-0.25, -0.2) is 0 Å². The van der Waals surface area contributed by atoms with Crippen molar-refractivity contribution in [2.24, 2.45) is 5.92 Å². The number of hydrogen-bond donors (Lipinski definition) is 1. The lowest BCUT2D eigenvalue weighted by atomic mass is 10.1. The van der Waals surface area contributed by atoms with E-state index in [4.69, 9.17) is 4.74 Å². The Bertz CT molecular complexity index is 294. The Hall–Kier alpha value is -1.02. The number of rotatable bonds is 6. The average Bonchev–Trinajstić information content (AvgIpc) is 2.35. The van der Waals surface area contributed by atoms with Gasteiger partial charge in [-0.3, -0.25) is 0 Å². The largest absolute Gasteiger partial charge is 0.497 e. The predicted molar refractivity (Wildman–Crippen MR) is 68.9 cm³/mol. The minimum atomic E-state index is 0.403. The molecule has 1 N–H and O–H groups in total. The van der Waals surface area contributed by atoms with E-state index < -0.39 is 0 Å². The smallest absolute Gasteiger partial charge is 0.118 e. The summed E-state index contributed by atoms with van der Waals surface area (Å²) in [4.78, 5) is 0. The lowest BCUT2D eigenvalue weighted by molar-refractivity contribution is 0.414. The zero-order valence-corrected chi connectivity index (χ0v) is 10.8. The summed E-state index contributed by atoms with van der Waals surface area (Å²) in [6.45, 7) is 7.77. The van der Waals surface area contributed by atoms with Crippen molar-refractivity contribution < 1.29 is 4.74 Å². The van der Waals surface area contributed by atoms with Crippen molar-refractivity contribution in [1.29, 1.82) is 0 Å². The van der Waals surface area contributed by atoms with Gasteiger partial charge in [0.15, 0.2) is 0 Å². The van der Waals surface area contributed by atoms with E-state index in [1.165, 1.54) is 12.0 Å². The van der Waals surface area contributed by atoms with Crippen molar-refractivity contribution in [1.82, 2.24) is 5.32 Å². The SMILES string of the molecule is CCC(C)CNC(C)c1ccc(OC)cc1. The van der Waals surface area contributed by atoms with Gasteiger partial charge in [-0.1, -0.05) is 32.4 Å². The Labute approximate surface area is 99.0 Å². The van der Waals surface area contributed by atoms with Crippen LogP contribution < -0.4 is 10.1 Å². The Morgan fingerprint density at radius 2 is 1.81 bits per heavy atom. The maximum absolute atomic E-state index is 5.14. The van der Waals surface area contributed by atoms with E-state index in [9.17, 15) is 0 Å². The number of benzene rings is 1. The van der Waals surface area contributed by atoms with Crippen LogP contribution in [0.25, 0.3) is 0 Å². The summed E-state index contributed by atoms with van der Waals surface area (Å²) in [5.41, 5.74) is 1.31. The van der Waals surface area contributed by atoms with Crippen LogP contribution in [0.3, 0.4) is 0 Å². The van der Waals surface area contributed by atoms with Crippen LogP contribution in [0.5, 0.6) is 5.75 Å². The molecule has 1 rings (SSSR count). The van der Waals surface area contributed by atoms with Crippen molar-refractivity contribution in [3.8, 4) is 5.75 Å². The van der Waals surface area contributed by atoms with Crippen LogP contribution >= 0.6 is 0 Å². The summed E-state index contributed by atoms with van der Waals surface area (Å²) in [5.74, 6) is 1.65. The Morgan fingerprint density at radius 1 is 1.19 bits per heavy atom. The van der Waals surface area contributed by atoms with E-state index in [2.05, 4.69) is 38.2 Å². The van der Waals surface area contributed by atoms with Crippen LogP contribution in [-0.2, 0) is 0 Å². The summed E-state index contributed by atoms with van der Waals surface area (Å²) < 4.78 is 5.14. The van der Waals surface area contributed by atoms with E-state index in [1.54, 1.807) is 7.11 Å². The third-order valence-electron chi connectivity index (χ3n) is 3.09. The Balaban J connectivity index is 2.49.